The summed E-state index contributed by atoms with van der Waals surface area (Å²) >= 11 is 0. The molecule has 0 saturated carbocycles. The summed E-state index contributed by atoms with van der Waals surface area (Å²) in [6, 6.07) is 4.88. The molecule has 2 saturated heterocycles. The second kappa shape index (κ2) is 8.31. The Balaban J connectivity index is 1.62. The first kappa shape index (κ1) is 19.7. The van der Waals surface area contributed by atoms with Crippen LogP contribution in [0.1, 0.15) is 54.4 Å². The van der Waals surface area contributed by atoms with E-state index in [9.17, 15) is 22.8 Å². The predicted octanol–water partition coefficient (Wildman–Crippen LogP) is 3.96. The Bertz CT molecular complexity index is 674. The Kier molecular flexibility index (Phi) is 6.07. The van der Waals surface area contributed by atoms with Crippen molar-refractivity contribution in [2.75, 3.05) is 26.2 Å². The molecule has 0 aliphatic carbocycles. The summed E-state index contributed by atoms with van der Waals surface area (Å²) in [6.07, 6.45) is 0.803. The average Bonchev–Trinajstić information content (AvgIpc) is 2.96. The number of benzene rings is 1. The minimum Gasteiger partial charge on any atom is -0.342 e. The van der Waals surface area contributed by atoms with E-state index in [0.717, 1.165) is 44.8 Å². The molecule has 0 bridgehead atoms. The highest BCUT2D eigenvalue weighted by molar-refractivity contribution is 5.96. The summed E-state index contributed by atoms with van der Waals surface area (Å²) in [7, 11) is 0. The molecule has 148 valence electrons. The first-order chi connectivity index (χ1) is 12.9. The largest absolute Gasteiger partial charge is 0.417 e. The maximum atomic E-state index is 13.2. The van der Waals surface area contributed by atoms with Crippen molar-refractivity contribution < 1.29 is 22.8 Å². The van der Waals surface area contributed by atoms with Crippen LogP contribution in [-0.2, 0) is 11.0 Å². The van der Waals surface area contributed by atoms with Crippen LogP contribution in [0.4, 0.5) is 13.2 Å². The number of piperidine rings is 1. The van der Waals surface area contributed by atoms with Gasteiger partial charge in [-0.1, -0.05) is 25.0 Å². The van der Waals surface area contributed by atoms with Crippen LogP contribution in [0.15, 0.2) is 24.3 Å². The molecule has 7 heteroatoms. The molecule has 0 aromatic heterocycles. The number of carbonyl (C=O) groups excluding carboxylic acids is 2. The zero-order chi connectivity index (χ0) is 19.4. The first-order valence-electron chi connectivity index (χ1n) is 9.62. The maximum Gasteiger partial charge on any atom is 0.417 e. The first-order valence-corrected chi connectivity index (χ1v) is 9.62. The molecule has 1 aromatic carbocycles. The molecule has 0 unspecified atom stereocenters. The van der Waals surface area contributed by atoms with Crippen LogP contribution in [0.25, 0.3) is 0 Å². The predicted molar refractivity (Wildman–Crippen MR) is 95.1 cm³/mol. The fraction of sp³-hybridized carbons (Fsp3) is 0.600. The van der Waals surface area contributed by atoms with Crippen LogP contribution in [0, 0.1) is 5.92 Å². The Morgan fingerprint density at radius 3 is 2.04 bits per heavy atom. The Morgan fingerprint density at radius 1 is 0.852 bits per heavy atom. The number of hydrogen-bond donors (Lipinski definition) is 0. The molecular weight excluding hydrogens is 357 g/mol. The molecule has 2 heterocycles. The highest BCUT2D eigenvalue weighted by Gasteiger charge is 2.37. The number of carbonyl (C=O) groups is 2. The van der Waals surface area contributed by atoms with Crippen molar-refractivity contribution in [1.82, 2.24) is 9.80 Å². The molecule has 2 amide bonds. The van der Waals surface area contributed by atoms with Gasteiger partial charge in [0.05, 0.1) is 11.1 Å². The van der Waals surface area contributed by atoms with E-state index in [0.29, 0.717) is 25.9 Å². The van der Waals surface area contributed by atoms with E-state index in [1.165, 1.54) is 23.1 Å². The van der Waals surface area contributed by atoms with E-state index in [1.807, 2.05) is 4.90 Å². The third-order valence-corrected chi connectivity index (χ3v) is 5.51. The molecule has 4 nitrogen and oxygen atoms in total. The quantitative estimate of drug-likeness (QED) is 0.777. The third-order valence-electron chi connectivity index (χ3n) is 5.51. The summed E-state index contributed by atoms with van der Waals surface area (Å²) in [5.41, 5.74) is -1.22. The van der Waals surface area contributed by atoms with E-state index in [1.54, 1.807) is 0 Å². The molecule has 0 spiro atoms. The van der Waals surface area contributed by atoms with Gasteiger partial charge >= 0.3 is 6.18 Å². The number of likely N-dealkylation sites (tertiary alicyclic amines) is 2. The number of hydrogen-bond acceptors (Lipinski definition) is 2. The molecule has 1 aromatic rings. The smallest absolute Gasteiger partial charge is 0.342 e. The number of rotatable bonds is 2. The fourth-order valence-electron chi connectivity index (χ4n) is 3.97. The van der Waals surface area contributed by atoms with E-state index >= 15 is 0 Å². The minimum atomic E-state index is -4.56. The van der Waals surface area contributed by atoms with Crippen LogP contribution in [0.5, 0.6) is 0 Å². The molecule has 0 N–H and O–H groups in total. The van der Waals surface area contributed by atoms with E-state index in [4.69, 9.17) is 0 Å². The summed E-state index contributed by atoms with van der Waals surface area (Å²) in [5, 5.41) is 0. The molecule has 0 atom stereocenters. The van der Waals surface area contributed by atoms with E-state index < -0.39 is 17.6 Å². The Hall–Kier alpha value is -2.05. The number of halogens is 3. The Morgan fingerprint density at radius 2 is 1.44 bits per heavy atom. The lowest BCUT2D eigenvalue weighted by Crippen LogP contribution is -2.45. The zero-order valence-electron chi connectivity index (χ0n) is 15.3. The van der Waals surface area contributed by atoms with Crippen LogP contribution in [0.3, 0.4) is 0 Å². The second-order valence-electron chi connectivity index (χ2n) is 7.35. The lowest BCUT2D eigenvalue weighted by molar-refractivity contribution is -0.138. The monoisotopic (exact) mass is 382 g/mol. The highest BCUT2D eigenvalue weighted by atomic mass is 19.4. The second-order valence-corrected chi connectivity index (χ2v) is 7.35. The van der Waals surface area contributed by atoms with E-state index in [-0.39, 0.29) is 17.4 Å². The standard InChI is InChI=1S/C20H25F3N2O2/c21-20(22,23)17-8-4-3-7-16(17)19(27)25-13-9-15(10-14-25)18(26)24-11-5-1-2-6-12-24/h3-4,7-8,15H,1-2,5-6,9-14H2. The summed E-state index contributed by atoms with van der Waals surface area (Å²) < 4.78 is 39.5. The molecular formula is C20H25F3N2O2. The van der Waals surface area contributed by atoms with Crippen molar-refractivity contribution in [3.05, 3.63) is 35.4 Å². The van der Waals surface area contributed by atoms with Crippen molar-refractivity contribution >= 4 is 11.8 Å². The molecule has 2 aliphatic rings. The third kappa shape index (κ3) is 4.62. The topological polar surface area (TPSA) is 40.6 Å². The van der Waals surface area contributed by atoms with Gasteiger partial charge < -0.3 is 9.80 Å². The van der Waals surface area contributed by atoms with Crippen LogP contribution in [0.2, 0.25) is 0 Å². The van der Waals surface area contributed by atoms with Gasteiger partial charge in [-0.05, 0) is 37.8 Å². The number of nitrogens with zero attached hydrogens (tertiary/aromatic N) is 2. The van der Waals surface area contributed by atoms with Gasteiger partial charge in [0.15, 0.2) is 0 Å². The summed E-state index contributed by atoms with van der Waals surface area (Å²) in [6.45, 7) is 2.21. The van der Waals surface area contributed by atoms with Gasteiger partial charge in [0.25, 0.3) is 5.91 Å². The molecule has 3 rings (SSSR count). The zero-order valence-corrected chi connectivity index (χ0v) is 15.3. The van der Waals surface area contributed by atoms with Crippen LogP contribution in [-0.4, -0.2) is 47.8 Å². The van der Waals surface area contributed by atoms with Crippen LogP contribution >= 0.6 is 0 Å². The van der Waals surface area contributed by atoms with Gasteiger partial charge in [-0.2, -0.15) is 13.2 Å². The van der Waals surface area contributed by atoms with Crippen molar-refractivity contribution in [3.8, 4) is 0 Å². The number of alkyl halides is 3. The van der Waals surface area contributed by atoms with Gasteiger partial charge in [-0.25, -0.2) is 0 Å². The number of amides is 2. The van der Waals surface area contributed by atoms with Gasteiger partial charge in [0.2, 0.25) is 5.91 Å². The minimum absolute atomic E-state index is 0.134. The van der Waals surface area contributed by atoms with Crippen molar-refractivity contribution in [1.29, 1.82) is 0 Å². The SMILES string of the molecule is O=C(c1ccccc1C(F)(F)F)N1CCC(C(=O)N2CCCCCC2)CC1. The van der Waals surface area contributed by atoms with Crippen molar-refractivity contribution in [2.45, 2.75) is 44.7 Å². The van der Waals surface area contributed by atoms with Gasteiger partial charge in [0, 0.05) is 32.1 Å². The normalized spacial score (nSPS) is 19.7. The maximum absolute atomic E-state index is 13.2. The average molecular weight is 382 g/mol. The van der Waals surface area contributed by atoms with Crippen LogP contribution < -0.4 is 0 Å². The lowest BCUT2D eigenvalue weighted by Gasteiger charge is -2.34. The molecule has 2 aliphatic heterocycles. The van der Waals surface area contributed by atoms with E-state index in [2.05, 4.69) is 0 Å². The fourth-order valence-corrected chi connectivity index (χ4v) is 3.97. The molecule has 27 heavy (non-hydrogen) atoms. The summed E-state index contributed by atoms with van der Waals surface area (Å²) in [4.78, 5) is 28.7. The lowest BCUT2D eigenvalue weighted by atomic mass is 9.94. The van der Waals surface area contributed by atoms with Crippen molar-refractivity contribution in [3.63, 3.8) is 0 Å². The van der Waals surface area contributed by atoms with Gasteiger partial charge in [-0.15, -0.1) is 0 Å². The highest BCUT2D eigenvalue weighted by Crippen LogP contribution is 2.33. The van der Waals surface area contributed by atoms with Gasteiger partial charge in [-0.3, -0.25) is 9.59 Å². The molecule has 2 fully saturated rings. The van der Waals surface area contributed by atoms with Crippen molar-refractivity contribution in [2.24, 2.45) is 5.92 Å². The van der Waals surface area contributed by atoms with Gasteiger partial charge in [0.1, 0.15) is 0 Å². The Labute approximate surface area is 157 Å². The molecule has 0 radical (unpaired) electrons. The summed E-state index contributed by atoms with van der Waals surface area (Å²) in [5.74, 6) is -0.603.